The highest BCUT2D eigenvalue weighted by molar-refractivity contribution is 7.16. The van der Waals surface area contributed by atoms with Gasteiger partial charge in [-0.3, -0.25) is 4.79 Å². The van der Waals surface area contributed by atoms with Crippen molar-refractivity contribution < 1.29 is 4.79 Å². The quantitative estimate of drug-likeness (QED) is 0.675. The van der Waals surface area contributed by atoms with E-state index < -0.39 is 0 Å². The number of hydrogen-bond donors (Lipinski definition) is 0. The summed E-state index contributed by atoms with van der Waals surface area (Å²) in [5.74, 6) is -0.228. The molecule has 0 atom stereocenters. The molecule has 0 aliphatic rings. The summed E-state index contributed by atoms with van der Waals surface area (Å²) in [7, 11) is 0. The van der Waals surface area contributed by atoms with Gasteiger partial charge in [0.05, 0.1) is 20.9 Å². The Bertz CT molecular complexity index is 976. The number of carbonyl (C=O) groups excluding carboxylic acids is 1. The molecular formula is C17H17N3OS2. The number of carbonyl (C=O) groups is 1. The second kappa shape index (κ2) is 6.22. The van der Waals surface area contributed by atoms with E-state index in [1.165, 1.54) is 28.2 Å². The predicted molar refractivity (Wildman–Crippen MR) is 96.2 cm³/mol. The van der Waals surface area contributed by atoms with Crippen LogP contribution in [0.2, 0.25) is 0 Å². The molecule has 3 rings (SSSR count). The van der Waals surface area contributed by atoms with Gasteiger partial charge in [0.15, 0.2) is 4.80 Å². The van der Waals surface area contributed by atoms with Gasteiger partial charge in [-0.1, -0.05) is 23.5 Å². The average Bonchev–Trinajstić information content (AvgIpc) is 2.99. The lowest BCUT2D eigenvalue weighted by Gasteiger charge is -2.01. The summed E-state index contributed by atoms with van der Waals surface area (Å²) in [5, 5.41) is 0.881. The molecule has 0 N–H and O–H groups in total. The molecule has 0 unspecified atom stereocenters. The lowest BCUT2D eigenvalue weighted by atomic mass is 10.2. The molecule has 2 heterocycles. The molecule has 0 saturated heterocycles. The van der Waals surface area contributed by atoms with E-state index in [2.05, 4.69) is 41.7 Å². The minimum Gasteiger partial charge on any atom is -0.312 e. The number of thiazole rings is 2. The zero-order valence-corrected chi connectivity index (χ0v) is 14.9. The van der Waals surface area contributed by atoms with Crippen molar-refractivity contribution in [2.45, 2.75) is 27.3 Å². The summed E-state index contributed by atoms with van der Waals surface area (Å²) in [6.45, 7) is 10.2. The first-order valence-corrected chi connectivity index (χ1v) is 8.87. The van der Waals surface area contributed by atoms with E-state index in [1.54, 1.807) is 0 Å². The Balaban J connectivity index is 2.17. The van der Waals surface area contributed by atoms with Crippen molar-refractivity contribution in [3.63, 3.8) is 0 Å². The molecule has 23 heavy (non-hydrogen) atoms. The van der Waals surface area contributed by atoms with Gasteiger partial charge >= 0.3 is 0 Å². The molecule has 1 aromatic carbocycles. The maximum Gasteiger partial charge on any atom is 0.291 e. The number of fused-ring (bicyclic) bond motifs is 1. The molecule has 0 fully saturated rings. The van der Waals surface area contributed by atoms with E-state index in [0.717, 1.165) is 20.9 Å². The van der Waals surface area contributed by atoms with E-state index in [9.17, 15) is 4.79 Å². The van der Waals surface area contributed by atoms with Gasteiger partial charge in [-0.2, -0.15) is 4.99 Å². The minimum atomic E-state index is -0.228. The first-order chi connectivity index (χ1) is 11.0. The molecule has 0 spiro atoms. The predicted octanol–water partition coefficient (Wildman–Crippen LogP) is 4.01. The maximum absolute atomic E-state index is 12.5. The van der Waals surface area contributed by atoms with Gasteiger partial charge in [0, 0.05) is 6.54 Å². The van der Waals surface area contributed by atoms with Crippen LogP contribution in [-0.4, -0.2) is 15.5 Å². The number of allylic oxidation sites excluding steroid dienone is 1. The van der Waals surface area contributed by atoms with Gasteiger partial charge in [0.25, 0.3) is 5.91 Å². The third-order valence-electron chi connectivity index (χ3n) is 3.44. The smallest absolute Gasteiger partial charge is 0.291 e. The van der Waals surface area contributed by atoms with Gasteiger partial charge in [0.2, 0.25) is 0 Å². The number of rotatable bonds is 3. The van der Waals surface area contributed by atoms with E-state index in [0.29, 0.717) is 16.2 Å². The molecule has 0 saturated carbocycles. The fourth-order valence-electron chi connectivity index (χ4n) is 2.44. The minimum absolute atomic E-state index is 0.228. The highest BCUT2D eigenvalue weighted by Crippen LogP contribution is 2.20. The second-order valence-corrected chi connectivity index (χ2v) is 7.53. The molecule has 2 aromatic heterocycles. The first-order valence-electron chi connectivity index (χ1n) is 7.23. The molecule has 118 valence electrons. The van der Waals surface area contributed by atoms with Crippen molar-refractivity contribution in [1.29, 1.82) is 0 Å². The molecule has 0 bridgehead atoms. The van der Waals surface area contributed by atoms with Crippen LogP contribution in [0.1, 0.15) is 25.9 Å². The molecule has 0 aliphatic carbocycles. The van der Waals surface area contributed by atoms with Crippen LogP contribution in [0.3, 0.4) is 0 Å². The van der Waals surface area contributed by atoms with E-state index >= 15 is 0 Å². The van der Waals surface area contributed by atoms with Crippen LogP contribution in [0, 0.1) is 20.8 Å². The third kappa shape index (κ3) is 3.04. The zero-order valence-electron chi connectivity index (χ0n) is 13.3. The summed E-state index contributed by atoms with van der Waals surface area (Å²) < 4.78 is 3.14. The van der Waals surface area contributed by atoms with Crippen molar-refractivity contribution in [3.8, 4) is 0 Å². The Labute approximate surface area is 142 Å². The summed E-state index contributed by atoms with van der Waals surface area (Å²) in [5.41, 5.74) is 3.01. The van der Waals surface area contributed by atoms with Crippen molar-refractivity contribution in [2.75, 3.05) is 0 Å². The lowest BCUT2D eigenvalue weighted by Crippen LogP contribution is -2.16. The van der Waals surface area contributed by atoms with Crippen LogP contribution in [0.25, 0.3) is 10.2 Å². The van der Waals surface area contributed by atoms with Crippen molar-refractivity contribution in [1.82, 2.24) is 9.55 Å². The average molecular weight is 343 g/mol. The van der Waals surface area contributed by atoms with Gasteiger partial charge in [-0.25, -0.2) is 4.98 Å². The molecular weight excluding hydrogens is 326 g/mol. The molecule has 6 heteroatoms. The molecule has 0 radical (unpaired) electrons. The number of aryl methyl sites for hydroxylation is 3. The van der Waals surface area contributed by atoms with E-state index in [-0.39, 0.29) is 5.91 Å². The number of benzene rings is 1. The summed E-state index contributed by atoms with van der Waals surface area (Å²) in [6, 6.07) is 6.25. The van der Waals surface area contributed by atoms with Crippen LogP contribution >= 0.6 is 22.7 Å². The second-order valence-electron chi connectivity index (χ2n) is 5.32. The fourth-order valence-corrected chi connectivity index (χ4v) is 4.38. The van der Waals surface area contributed by atoms with E-state index in [4.69, 9.17) is 0 Å². The number of nitrogens with zero attached hydrogens (tertiary/aromatic N) is 3. The molecule has 1 amide bonds. The number of aromatic nitrogens is 2. The number of hydrogen-bond acceptors (Lipinski definition) is 4. The van der Waals surface area contributed by atoms with Crippen molar-refractivity contribution >= 4 is 38.8 Å². The van der Waals surface area contributed by atoms with Crippen LogP contribution in [0.4, 0.5) is 0 Å². The lowest BCUT2D eigenvalue weighted by molar-refractivity contribution is 0.100. The van der Waals surface area contributed by atoms with Gasteiger partial charge < -0.3 is 4.57 Å². The van der Waals surface area contributed by atoms with Crippen LogP contribution in [0.15, 0.2) is 35.8 Å². The normalized spacial score (nSPS) is 12.0. The van der Waals surface area contributed by atoms with Crippen LogP contribution < -0.4 is 4.80 Å². The highest BCUT2D eigenvalue weighted by atomic mass is 32.1. The monoisotopic (exact) mass is 343 g/mol. The first kappa shape index (κ1) is 15.8. The Morgan fingerprint density at radius 3 is 2.78 bits per heavy atom. The van der Waals surface area contributed by atoms with Crippen LogP contribution in [-0.2, 0) is 6.54 Å². The summed E-state index contributed by atoms with van der Waals surface area (Å²) in [4.78, 5) is 22.5. The van der Waals surface area contributed by atoms with Gasteiger partial charge in [0.1, 0.15) is 4.88 Å². The molecule has 4 nitrogen and oxygen atoms in total. The highest BCUT2D eigenvalue weighted by Gasteiger charge is 2.14. The maximum atomic E-state index is 12.5. The van der Waals surface area contributed by atoms with Gasteiger partial charge in [-0.15, -0.1) is 17.9 Å². The standard InChI is InChI=1S/C17H17N3OS2/c1-5-8-20-13-7-6-10(2)9-14(13)23-17(20)19-16(21)15-11(3)18-12(4)22-15/h5-7,9H,1,8H2,2-4H3. The largest absolute Gasteiger partial charge is 0.312 e. The Kier molecular flexibility index (Phi) is 4.28. The zero-order chi connectivity index (χ0) is 16.6. The van der Waals surface area contributed by atoms with Crippen molar-refractivity contribution in [3.05, 3.63) is 56.8 Å². The topological polar surface area (TPSA) is 47.2 Å². The fraction of sp³-hybridized carbons (Fsp3) is 0.235. The van der Waals surface area contributed by atoms with E-state index in [1.807, 2.05) is 24.5 Å². The molecule has 3 aromatic rings. The Morgan fingerprint density at radius 2 is 2.13 bits per heavy atom. The Morgan fingerprint density at radius 1 is 1.35 bits per heavy atom. The summed E-state index contributed by atoms with van der Waals surface area (Å²) >= 11 is 2.92. The van der Waals surface area contributed by atoms with Gasteiger partial charge in [-0.05, 0) is 38.5 Å². The van der Waals surface area contributed by atoms with Crippen molar-refractivity contribution in [2.24, 2.45) is 4.99 Å². The Hall–Kier alpha value is -2.05. The van der Waals surface area contributed by atoms with Crippen LogP contribution in [0.5, 0.6) is 0 Å². The number of amides is 1. The summed E-state index contributed by atoms with van der Waals surface area (Å²) in [6.07, 6.45) is 1.82. The SMILES string of the molecule is C=CCn1c(=NC(=O)c2sc(C)nc2C)sc2cc(C)ccc21. The third-order valence-corrected chi connectivity index (χ3v) is 5.55. The molecule has 0 aliphatic heterocycles.